The van der Waals surface area contributed by atoms with Crippen LogP contribution < -0.4 is 10.1 Å². The smallest absolute Gasteiger partial charge is 0.328 e. The van der Waals surface area contributed by atoms with Crippen molar-refractivity contribution in [3.63, 3.8) is 0 Å². The van der Waals surface area contributed by atoms with E-state index in [0.29, 0.717) is 13.2 Å². The second-order valence-corrected chi connectivity index (χ2v) is 6.57. The fourth-order valence-electron chi connectivity index (χ4n) is 2.96. The lowest BCUT2D eigenvalue weighted by Gasteiger charge is -2.12. The molecule has 28 heavy (non-hydrogen) atoms. The first-order chi connectivity index (χ1) is 13.6. The Kier molecular flexibility index (Phi) is 6.32. The molecule has 1 heterocycles. The molecule has 1 atom stereocenters. The number of nitrogens with zero attached hydrogens (tertiary/aromatic N) is 1. The van der Waals surface area contributed by atoms with Gasteiger partial charge in [-0.15, -0.1) is 0 Å². The van der Waals surface area contributed by atoms with Gasteiger partial charge in [-0.05, 0) is 36.1 Å². The topological polar surface area (TPSA) is 69.6 Å². The van der Waals surface area contributed by atoms with E-state index in [2.05, 4.69) is 10.1 Å². The number of ether oxygens (including phenoxy) is 2. The van der Waals surface area contributed by atoms with Gasteiger partial charge in [-0.25, -0.2) is 4.79 Å². The summed E-state index contributed by atoms with van der Waals surface area (Å²) in [5.41, 5.74) is 2.11. The summed E-state index contributed by atoms with van der Waals surface area (Å²) in [5.74, 6) is 0.122. The molecule has 3 aromatic rings. The van der Waals surface area contributed by atoms with Crippen LogP contribution in [0.25, 0.3) is 10.9 Å². The van der Waals surface area contributed by atoms with Crippen LogP contribution in [0.2, 0.25) is 0 Å². The lowest BCUT2D eigenvalue weighted by atomic mass is 10.2. The maximum absolute atomic E-state index is 12.1. The van der Waals surface area contributed by atoms with Crippen molar-refractivity contribution < 1.29 is 19.1 Å². The molecule has 1 N–H and O–H groups in total. The highest BCUT2D eigenvalue weighted by Crippen LogP contribution is 2.23. The first kappa shape index (κ1) is 19.5. The quantitative estimate of drug-likeness (QED) is 0.609. The molecule has 0 saturated carbocycles. The number of hydrogen-bond acceptors (Lipinski definition) is 4. The molecule has 0 radical (unpaired) electrons. The third-order valence-corrected chi connectivity index (χ3v) is 4.51. The summed E-state index contributed by atoms with van der Waals surface area (Å²) < 4.78 is 12.5. The number of carbonyl (C=O) groups is 2. The normalized spacial score (nSPS) is 11.8. The standard InChI is InChI=1S/C22H24N2O4/c1-16(22(26)27-2)23-21(25)11-13-24-12-10-18-8-9-19(14-20(18)24)28-15-17-6-4-3-5-7-17/h3-10,12,14,16H,11,13,15H2,1-2H3,(H,23,25). The predicted molar refractivity (Wildman–Crippen MR) is 107 cm³/mol. The third kappa shape index (κ3) is 4.91. The Labute approximate surface area is 164 Å². The maximum Gasteiger partial charge on any atom is 0.328 e. The molecule has 0 aliphatic heterocycles. The van der Waals surface area contributed by atoms with Gasteiger partial charge < -0.3 is 19.4 Å². The largest absolute Gasteiger partial charge is 0.489 e. The van der Waals surface area contributed by atoms with Crippen molar-refractivity contribution in [2.75, 3.05) is 7.11 Å². The Morgan fingerprint density at radius 1 is 1.11 bits per heavy atom. The number of benzene rings is 2. The predicted octanol–water partition coefficient (Wildman–Crippen LogP) is 3.29. The van der Waals surface area contributed by atoms with E-state index in [-0.39, 0.29) is 12.3 Å². The van der Waals surface area contributed by atoms with Gasteiger partial charge in [0, 0.05) is 25.2 Å². The number of fused-ring (bicyclic) bond motifs is 1. The number of rotatable bonds is 8. The van der Waals surface area contributed by atoms with Gasteiger partial charge in [-0.1, -0.05) is 30.3 Å². The van der Waals surface area contributed by atoms with Crippen LogP contribution in [0.4, 0.5) is 0 Å². The number of nitrogens with one attached hydrogen (secondary N) is 1. The van der Waals surface area contributed by atoms with Gasteiger partial charge in [0.2, 0.25) is 5.91 Å². The van der Waals surface area contributed by atoms with Gasteiger partial charge in [-0.2, -0.15) is 0 Å². The fourth-order valence-corrected chi connectivity index (χ4v) is 2.96. The van der Waals surface area contributed by atoms with Crippen LogP contribution in [0.5, 0.6) is 5.75 Å². The van der Waals surface area contributed by atoms with Gasteiger partial charge in [0.1, 0.15) is 18.4 Å². The Morgan fingerprint density at radius 3 is 2.64 bits per heavy atom. The summed E-state index contributed by atoms with van der Waals surface area (Å²) in [7, 11) is 1.30. The first-order valence-electron chi connectivity index (χ1n) is 9.19. The average molecular weight is 380 g/mol. The fraction of sp³-hybridized carbons (Fsp3) is 0.273. The number of hydrogen-bond donors (Lipinski definition) is 1. The molecule has 146 valence electrons. The Balaban J connectivity index is 1.62. The second kappa shape index (κ2) is 9.08. The number of esters is 1. The molecule has 0 aliphatic carbocycles. The molecular weight excluding hydrogens is 356 g/mol. The molecule has 0 aliphatic rings. The van der Waals surface area contributed by atoms with Crippen LogP contribution in [-0.2, 0) is 27.5 Å². The van der Waals surface area contributed by atoms with Crippen molar-refractivity contribution in [2.45, 2.75) is 32.5 Å². The van der Waals surface area contributed by atoms with Gasteiger partial charge in [-0.3, -0.25) is 4.79 Å². The van der Waals surface area contributed by atoms with E-state index < -0.39 is 12.0 Å². The zero-order chi connectivity index (χ0) is 19.9. The molecule has 2 aromatic carbocycles. The Hall–Kier alpha value is -3.28. The summed E-state index contributed by atoms with van der Waals surface area (Å²) >= 11 is 0. The minimum Gasteiger partial charge on any atom is -0.489 e. The van der Waals surface area contributed by atoms with Crippen molar-refractivity contribution >= 4 is 22.8 Å². The van der Waals surface area contributed by atoms with Crippen LogP contribution in [0.3, 0.4) is 0 Å². The summed E-state index contributed by atoms with van der Waals surface area (Å²) in [6, 6.07) is 17.3. The second-order valence-electron chi connectivity index (χ2n) is 6.57. The number of carbonyl (C=O) groups excluding carboxylic acids is 2. The molecular formula is C22H24N2O4. The third-order valence-electron chi connectivity index (χ3n) is 4.51. The number of aryl methyl sites for hydroxylation is 1. The zero-order valence-electron chi connectivity index (χ0n) is 16.1. The summed E-state index contributed by atoms with van der Waals surface area (Å²) in [6.45, 7) is 2.61. The van der Waals surface area contributed by atoms with Crippen molar-refractivity contribution in [2.24, 2.45) is 0 Å². The molecule has 1 unspecified atom stereocenters. The van der Waals surface area contributed by atoms with Crippen LogP contribution in [0.1, 0.15) is 18.9 Å². The van der Waals surface area contributed by atoms with Gasteiger partial charge in [0.05, 0.1) is 12.6 Å². The lowest BCUT2D eigenvalue weighted by Crippen LogP contribution is -2.39. The first-order valence-corrected chi connectivity index (χ1v) is 9.19. The van der Waals surface area contributed by atoms with E-state index in [1.54, 1.807) is 6.92 Å². The van der Waals surface area contributed by atoms with E-state index in [1.807, 2.05) is 65.4 Å². The highest BCUT2D eigenvalue weighted by molar-refractivity contribution is 5.84. The minimum absolute atomic E-state index is 0.198. The van der Waals surface area contributed by atoms with E-state index in [9.17, 15) is 9.59 Å². The van der Waals surface area contributed by atoms with Crippen LogP contribution in [-0.4, -0.2) is 29.6 Å². The highest BCUT2D eigenvalue weighted by Gasteiger charge is 2.15. The Bertz CT molecular complexity index is 950. The monoisotopic (exact) mass is 380 g/mol. The average Bonchev–Trinajstić information content (AvgIpc) is 3.13. The lowest BCUT2D eigenvalue weighted by molar-refractivity contribution is -0.144. The van der Waals surface area contributed by atoms with Crippen molar-refractivity contribution in [3.8, 4) is 5.75 Å². The molecule has 3 rings (SSSR count). The van der Waals surface area contributed by atoms with E-state index >= 15 is 0 Å². The SMILES string of the molecule is COC(=O)C(C)NC(=O)CCn1ccc2ccc(OCc3ccccc3)cc21. The molecule has 6 heteroatoms. The van der Waals surface area contributed by atoms with Crippen LogP contribution in [0, 0.1) is 0 Å². The van der Waals surface area contributed by atoms with Gasteiger partial charge >= 0.3 is 5.97 Å². The number of methoxy groups -OCH3 is 1. The Morgan fingerprint density at radius 2 is 1.89 bits per heavy atom. The molecule has 0 fully saturated rings. The van der Waals surface area contributed by atoms with Crippen molar-refractivity contribution in [1.29, 1.82) is 0 Å². The van der Waals surface area contributed by atoms with E-state index in [1.165, 1.54) is 7.11 Å². The maximum atomic E-state index is 12.1. The van der Waals surface area contributed by atoms with Crippen LogP contribution in [0.15, 0.2) is 60.8 Å². The van der Waals surface area contributed by atoms with Gasteiger partial charge in [0.15, 0.2) is 0 Å². The number of aromatic nitrogens is 1. The molecule has 0 bridgehead atoms. The summed E-state index contributed by atoms with van der Waals surface area (Å²) in [5, 5.41) is 3.72. The minimum atomic E-state index is -0.656. The summed E-state index contributed by atoms with van der Waals surface area (Å²) in [4.78, 5) is 23.5. The molecule has 1 aromatic heterocycles. The van der Waals surface area contributed by atoms with E-state index in [0.717, 1.165) is 22.2 Å². The van der Waals surface area contributed by atoms with Crippen molar-refractivity contribution in [3.05, 3.63) is 66.4 Å². The molecule has 0 saturated heterocycles. The van der Waals surface area contributed by atoms with Crippen LogP contribution >= 0.6 is 0 Å². The van der Waals surface area contributed by atoms with Gasteiger partial charge in [0.25, 0.3) is 0 Å². The molecule has 1 amide bonds. The summed E-state index contributed by atoms with van der Waals surface area (Å²) in [6.07, 6.45) is 2.21. The van der Waals surface area contributed by atoms with E-state index in [4.69, 9.17) is 4.74 Å². The molecule has 6 nitrogen and oxygen atoms in total. The van der Waals surface area contributed by atoms with Crippen molar-refractivity contribution in [1.82, 2.24) is 9.88 Å². The molecule has 0 spiro atoms. The number of amides is 1. The zero-order valence-corrected chi connectivity index (χ0v) is 16.1. The highest BCUT2D eigenvalue weighted by atomic mass is 16.5.